The Kier molecular flexibility index (Phi) is 4.47. The molecule has 0 amide bonds. The highest BCUT2D eigenvalue weighted by Crippen LogP contribution is 2.36. The first kappa shape index (κ1) is 14.7. The molecule has 2 saturated heterocycles. The van der Waals surface area contributed by atoms with Gasteiger partial charge in [0.2, 0.25) is 0 Å². The van der Waals surface area contributed by atoms with Crippen LogP contribution in [0.4, 0.5) is 0 Å². The third kappa shape index (κ3) is 2.92. The van der Waals surface area contributed by atoms with Crippen molar-refractivity contribution in [3.63, 3.8) is 0 Å². The lowest BCUT2D eigenvalue weighted by molar-refractivity contribution is -0.144. The van der Waals surface area contributed by atoms with E-state index >= 15 is 0 Å². The Bertz CT molecular complexity index is 344. The van der Waals surface area contributed by atoms with Crippen LogP contribution in [0.2, 0.25) is 6.32 Å². The predicted molar refractivity (Wildman–Crippen MR) is 70.5 cm³/mol. The lowest BCUT2D eigenvalue weighted by atomic mass is 9.76. The van der Waals surface area contributed by atoms with Crippen molar-refractivity contribution in [2.75, 3.05) is 26.2 Å². The maximum Gasteiger partial charge on any atom is 0.451 e. The minimum Gasteiger partial charge on any atom is -0.480 e. The Morgan fingerprint density at radius 3 is 2.89 bits per heavy atom. The van der Waals surface area contributed by atoms with Gasteiger partial charge in [-0.15, -0.1) is 0 Å². The summed E-state index contributed by atoms with van der Waals surface area (Å²) in [5, 5.41) is 30.5. The van der Waals surface area contributed by atoms with Crippen molar-refractivity contribution in [2.45, 2.75) is 30.7 Å². The molecule has 0 bridgehead atoms. The molecule has 0 aromatic carbocycles. The molecule has 108 valence electrons. The van der Waals surface area contributed by atoms with Crippen LogP contribution in [0.15, 0.2) is 0 Å². The SMILES string of the molecule is NC1(C(=O)O)CN2CCNC[C@@H]2C1CCCB(O)O. The van der Waals surface area contributed by atoms with E-state index in [4.69, 9.17) is 15.8 Å². The Balaban J connectivity index is 2.07. The number of aliphatic carboxylic acids is 1. The first-order valence-corrected chi connectivity index (χ1v) is 6.78. The summed E-state index contributed by atoms with van der Waals surface area (Å²) in [5.41, 5.74) is 4.90. The van der Waals surface area contributed by atoms with Gasteiger partial charge in [0.25, 0.3) is 0 Å². The maximum absolute atomic E-state index is 11.5. The van der Waals surface area contributed by atoms with Crippen molar-refractivity contribution in [1.29, 1.82) is 0 Å². The molecule has 0 saturated carbocycles. The quantitative estimate of drug-likeness (QED) is 0.364. The van der Waals surface area contributed by atoms with Crippen molar-refractivity contribution in [1.82, 2.24) is 10.2 Å². The lowest BCUT2D eigenvalue weighted by Gasteiger charge is -2.33. The van der Waals surface area contributed by atoms with Gasteiger partial charge in [-0.1, -0.05) is 6.42 Å². The summed E-state index contributed by atoms with van der Waals surface area (Å²) < 4.78 is 0. The highest BCUT2D eigenvalue weighted by molar-refractivity contribution is 6.40. The molecule has 0 spiro atoms. The largest absolute Gasteiger partial charge is 0.480 e. The zero-order chi connectivity index (χ0) is 14.0. The molecule has 6 N–H and O–H groups in total. The maximum atomic E-state index is 11.5. The highest BCUT2D eigenvalue weighted by atomic mass is 16.4. The second-order valence-electron chi connectivity index (χ2n) is 5.61. The molecule has 0 aromatic heterocycles. The Morgan fingerprint density at radius 2 is 2.26 bits per heavy atom. The molecular weight excluding hydrogens is 249 g/mol. The van der Waals surface area contributed by atoms with Crippen LogP contribution < -0.4 is 11.1 Å². The lowest BCUT2D eigenvalue weighted by Crippen LogP contribution is -2.55. The van der Waals surface area contributed by atoms with Crippen LogP contribution in [0.5, 0.6) is 0 Å². The number of carbonyl (C=O) groups is 1. The minimum atomic E-state index is -1.33. The molecule has 2 unspecified atom stereocenters. The summed E-state index contributed by atoms with van der Waals surface area (Å²) >= 11 is 0. The molecule has 0 aromatic rings. The minimum absolute atomic E-state index is 0.130. The van der Waals surface area contributed by atoms with Gasteiger partial charge in [0.15, 0.2) is 0 Å². The molecule has 2 aliphatic heterocycles. The van der Waals surface area contributed by atoms with Crippen LogP contribution in [-0.4, -0.2) is 70.9 Å². The zero-order valence-corrected chi connectivity index (χ0v) is 11.0. The first-order valence-electron chi connectivity index (χ1n) is 6.78. The number of piperazine rings is 1. The third-order valence-electron chi connectivity index (χ3n) is 4.36. The average Bonchev–Trinajstić information content (AvgIpc) is 2.63. The van der Waals surface area contributed by atoms with Gasteiger partial charge < -0.3 is 26.2 Å². The van der Waals surface area contributed by atoms with Crippen LogP contribution in [-0.2, 0) is 4.79 Å². The molecule has 7 nitrogen and oxygen atoms in total. The Labute approximate surface area is 112 Å². The molecule has 19 heavy (non-hydrogen) atoms. The van der Waals surface area contributed by atoms with Gasteiger partial charge in [-0.05, 0) is 12.7 Å². The summed E-state index contributed by atoms with van der Waals surface area (Å²) in [6.07, 6.45) is 1.43. The molecule has 0 aliphatic carbocycles. The topological polar surface area (TPSA) is 119 Å². The van der Waals surface area contributed by atoms with E-state index in [2.05, 4.69) is 10.2 Å². The van der Waals surface area contributed by atoms with Gasteiger partial charge in [-0.2, -0.15) is 0 Å². The standard InChI is InChI=1S/C11H22BN3O4/c13-11(10(16)17)7-15-5-4-14-6-9(15)8(11)2-1-3-12(18)19/h8-9,14,18-19H,1-7,13H2,(H,16,17)/t8?,9-,11?/m1/s1. The second-order valence-corrected chi connectivity index (χ2v) is 5.61. The highest BCUT2D eigenvalue weighted by Gasteiger charge is 2.54. The Hall–Kier alpha value is -0.665. The molecule has 3 atom stereocenters. The van der Waals surface area contributed by atoms with Crippen LogP contribution in [0.1, 0.15) is 12.8 Å². The van der Waals surface area contributed by atoms with Crippen LogP contribution in [0.25, 0.3) is 0 Å². The number of nitrogens with one attached hydrogen (secondary N) is 1. The molecule has 2 aliphatic rings. The van der Waals surface area contributed by atoms with E-state index in [0.717, 1.165) is 19.6 Å². The molecule has 2 fully saturated rings. The third-order valence-corrected chi connectivity index (χ3v) is 4.36. The van der Waals surface area contributed by atoms with Gasteiger partial charge in [0.1, 0.15) is 5.54 Å². The number of nitrogens with zero attached hydrogens (tertiary/aromatic N) is 1. The van der Waals surface area contributed by atoms with Crippen molar-refractivity contribution in [2.24, 2.45) is 11.7 Å². The van der Waals surface area contributed by atoms with Crippen LogP contribution in [0.3, 0.4) is 0 Å². The fourth-order valence-electron chi connectivity index (χ4n) is 3.35. The number of carboxylic acid groups (broad SMARTS) is 1. The van der Waals surface area contributed by atoms with E-state index in [1.54, 1.807) is 0 Å². The van der Waals surface area contributed by atoms with E-state index in [1.165, 1.54) is 0 Å². The van der Waals surface area contributed by atoms with Gasteiger partial charge in [0, 0.05) is 38.1 Å². The van der Waals surface area contributed by atoms with Crippen molar-refractivity contribution >= 4 is 13.1 Å². The van der Waals surface area contributed by atoms with Gasteiger partial charge in [-0.25, -0.2) is 0 Å². The zero-order valence-electron chi connectivity index (χ0n) is 11.0. The molecule has 0 radical (unpaired) electrons. The fraction of sp³-hybridized carbons (Fsp3) is 0.909. The van der Waals surface area contributed by atoms with E-state index < -0.39 is 18.6 Å². The number of hydrogen-bond donors (Lipinski definition) is 5. The van der Waals surface area contributed by atoms with E-state index in [0.29, 0.717) is 19.4 Å². The van der Waals surface area contributed by atoms with Crippen molar-refractivity contribution in [3.05, 3.63) is 0 Å². The van der Waals surface area contributed by atoms with E-state index in [9.17, 15) is 9.90 Å². The summed E-state index contributed by atoms with van der Waals surface area (Å²) in [7, 11) is -1.33. The number of rotatable bonds is 5. The fourth-order valence-corrected chi connectivity index (χ4v) is 3.35. The van der Waals surface area contributed by atoms with E-state index in [-0.39, 0.29) is 18.3 Å². The van der Waals surface area contributed by atoms with Crippen LogP contribution in [0, 0.1) is 5.92 Å². The predicted octanol–water partition coefficient (Wildman–Crippen LogP) is -2.07. The molecular formula is C11H22BN3O4. The van der Waals surface area contributed by atoms with Gasteiger partial charge in [-0.3, -0.25) is 9.69 Å². The molecule has 2 heterocycles. The summed E-state index contributed by atoms with van der Waals surface area (Å²) in [6, 6.07) is 0.130. The smallest absolute Gasteiger partial charge is 0.451 e. The van der Waals surface area contributed by atoms with Crippen molar-refractivity contribution < 1.29 is 19.9 Å². The normalized spacial score (nSPS) is 35.1. The number of nitrogens with two attached hydrogens (primary N) is 1. The first-order chi connectivity index (χ1) is 8.95. The summed E-state index contributed by atoms with van der Waals surface area (Å²) in [5.74, 6) is -1.12. The summed E-state index contributed by atoms with van der Waals surface area (Å²) in [4.78, 5) is 13.6. The second kappa shape index (κ2) is 5.76. The van der Waals surface area contributed by atoms with E-state index in [1.807, 2.05) is 0 Å². The molecule has 2 rings (SSSR count). The monoisotopic (exact) mass is 271 g/mol. The molecule has 8 heteroatoms. The number of hydrogen-bond acceptors (Lipinski definition) is 6. The van der Waals surface area contributed by atoms with Crippen LogP contribution >= 0.6 is 0 Å². The van der Waals surface area contributed by atoms with Gasteiger partial charge >= 0.3 is 13.1 Å². The number of fused-ring (bicyclic) bond motifs is 1. The summed E-state index contributed by atoms with van der Waals surface area (Å²) in [6.45, 7) is 2.80. The van der Waals surface area contributed by atoms with Crippen molar-refractivity contribution in [3.8, 4) is 0 Å². The van der Waals surface area contributed by atoms with Gasteiger partial charge in [0.05, 0.1) is 0 Å². The number of carboxylic acids is 1. The average molecular weight is 271 g/mol. The Morgan fingerprint density at radius 1 is 1.53 bits per heavy atom.